The first-order valence-corrected chi connectivity index (χ1v) is 10.8. The number of sulfonamides is 1. The largest absolute Gasteiger partial charge is 0.488 e. The van der Waals surface area contributed by atoms with Gasteiger partial charge in [-0.2, -0.15) is 0 Å². The number of para-hydroxylation sites is 1. The van der Waals surface area contributed by atoms with Crippen molar-refractivity contribution in [2.45, 2.75) is 32.2 Å². The van der Waals surface area contributed by atoms with E-state index in [0.717, 1.165) is 16.9 Å². The first-order valence-electron chi connectivity index (χ1n) is 9.11. The second-order valence-corrected chi connectivity index (χ2v) is 8.78. The minimum atomic E-state index is -3.35. The highest BCUT2D eigenvalue weighted by Gasteiger charge is 2.17. The summed E-state index contributed by atoms with van der Waals surface area (Å²) >= 11 is 0. The standard InChI is InChI=1S/C21H24N2O4S/c1-15(2)23-28(25,26)14-17-9-7-16(8-10-17)12-22-21(24)19-11-18-5-3-4-6-20(18)27-13-19/h3-11,15,23H,12-14H2,1-2H3,(H,22,24). The van der Waals surface area contributed by atoms with Crippen LogP contribution in [-0.4, -0.2) is 27.0 Å². The van der Waals surface area contributed by atoms with Crippen molar-refractivity contribution in [2.75, 3.05) is 6.61 Å². The lowest BCUT2D eigenvalue weighted by molar-refractivity contribution is -0.117. The van der Waals surface area contributed by atoms with E-state index in [1.807, 2.05) is 42.5 Å². The number of hydrogen-bond donors (Lipinski definition) is 2. The molecule has 0 saturated heterocycles. The van der Waals surface area contributed by atoms with Gasteiger partial charge in [0.25, 0.3) is 5.91 Å². The summed E-state index contributed by atoms with van der Waals surface area (Å²) in [5.41, 5.74) is 3.05. The Balaban J connectivity index is 1.57. The van der Waals surface area contributed by atoms with E-state index in [0.29, 0.717) is 17.7 Å². The van der Waals surface area contributed by atoms with E-state index in [1.165, 1.54) is 0 Å². The molecule has 0 aliphatic carbocycles. The molecule has 0 saturated carbocycles. The van der Waals surface area contributed by atoms with Crippen LogP contribution in [0, 0.1) is 0 Å². The number of benzene rings is 2. The second-order valence-electron chi connectivity index (χ2n) is 7.03. The lowest BCUT2D eigenvalue weighted by atomic mass is 10.1. The smallest absolute Gasteiger partial charge is 0.250 e. The third-order valence-corrected chi connectivity index (χ3v) is 5.72. The van der Waals surface area contributed by atoms with Gasteiger partial charge < -0.3 is 10.1 Å². The van der Waals surface area contributed by atoms with Crippen molar-refractivity contribution in [3.05, 3.63) is 70.8 Å². The summed E-state index contributed by atoms with van der Waals surface area (Å²) in [4.78, 5) is 12.4. The molecule has 2 aromatic rings. The average Bonchev–Trinajstić information content (AvgIpc) is 2.65. The molecular formula is C21H24N2O4S. The van der Waals surface area contributed by atoms with Gasteiger partial charge in [-0.1, -0.05) is 42.5 Å². The Labute approximate surface area is 165 Å². The highest BCUT2D eigenvalue weighted by molar-refractivity contribution is 7.88. The van der Waals surface area contributed by atoms with Gasteiger partial charge in [0.15, 0.2) is 0 Å². The summed E-state index contributed by atoms with van der Waals surface area (Å²) < 4.78 is 32.1. The molecule has 0 atom stereocenters. The molecule has 148 valence electrons. The fraction of sp³-hybridized carbons (Fsp3) is 0.286. The molecular weight excluding hydrogens is 376 g/mol. The van der Waals surface area contributed by atoms with E-state index in [1.54, 1.807) is 26.0 Å². The van der Waals surface area contributed by atoms with Crippen LogP contribution < -0.4 is 14.8 Å². The Morgan fingerprint density at radius 2 is 1.75 bits per heavy atom. The molecule has 0 unspecified atom stereocenters. The van der Waals surface area contributed by atoms with Crippen molar-refractivity contribution in [1.82, 2.24) is 10.0 Å². The monoisotopic (exact) mass is 400 g/mol. The number of rotatable bonds is 7. The van der Waals surface area contributed by atoms with Crippen molar-refractivity contribution in [1.29, 1.82) is 0 Å². The normalized spacial score (nSPS) is 13.5. The number of carbonyl (C=O) groups excluding carboxylic acids is 1. The number of carbonyl (C=O) groups is 1. The van der Waals surface area contributed by atoms with Crippen molar-refractivity contribution < 1.29 is 17.9 Å². The molecule has 0 spiro atoms. The van der Waals surface area contributed by atoms with Crippen LogP contribution >= 0.6 is 0 Å². The number of hydrogen-bond acceptors (Lipinski definition) is 4. The summed E-state index contributed by atoms with van der Waals surface area (Å²) in [6, 6.07) is 14.6. The molecule has 2 aromatic carbocycles. The zero-order chi connectivity index (χ0) is 20.1. The van der Waals surface area contributed by atoms with E-state index >= 15 is 0 Å². The predicted octanol–water partition coefficient (Wildman–Crippen LogP) is 2.61. The maximum Gasteiger partial charge on any atom is 0.250 e. The number of fused-ring (bicyclic) bond motifs is 1. The van der Waals surface area contributed by atoms with Crippen molar-refractivity contribution >= 4 is 22.0 Å². The maximum absolute atomic E-state index is 12.4. The lowest BCUT2D eigenvalue weighted by Gasteiger charge is -2.17. The Kier molecular flexibility index (Phi) is 6.16. The van der Waals surface area contributed by atoms with Crippen LogP contribution in [0.25, 0.3) is 6.08 Å². The van der Waals surface area contributed by atoms with Gasteiger partial charge in [0.1, 0.15) is 12.4 Å². The van der Waals surface area contributed by atoms with Crippen molar-refractivity contribution in [3.63, 3.8) is 0 Å². The molecule has 7 heteroatoms. The highest BCUT2D eigenvalue weighted by Crippen LogP contribution is 2.25. The van der Waals surface area contributed by atoms with Gasteiger partial charge in [0.05, 0.1) is 11.3 Å². The molecule has 2 N–H and O–H groups in total. The summed E-state index contributed by atoms with van der Waals surface area (Å²) in [6.45, 7) is 4.17. The summed E-state index contributed by atoms with van der Waals surface area (Å²) in [5, 5.41) is 2.88. The van der Waals surface area contributed by atoms with Crippen LogP contribution in [0.1, 0.15) is 30.5 Å². The quantitative estimate of drug-likeness (QED) is 0.748. The predicted molar refractivity (Wildman–Crippen MR) is 109 cm³/mol. The van der Waals surface area contributed by atoms with Crippen LogP contribution in [0.4, 0.5) is 0 Å². The van der Waals surface area contributed by atoms with E-state index in [-0.39, 0.29) is 24.3 Å². The first-order chi connectivity index (χ1) is 13.3. The third-order valence-electron chi connectivity index (χ3n) is 4.17. The Bertz CT molecular complexity index is 980. The fourth-order valence-corrected chi connectivity index (χ4v) is 4.35. The van der Waals surface area contributed by atoms with Crippen LogP contribution in [0.5, 0.6) is 5.75 Å². The molecule has 0 bridgehead atoms. The molecule has 1 aliphatic heterocycles. The third kappa shape index (κ3) is 5.43. The maximum atomic E-state index is 12.4. The molecule has 1 aliphatic rings. The molecule has 28 heavy (non-hydrogen) atoms. The second kappa shape index (κ2) is 8.58. The average molecular weight is 401 g/mol. The first kappa shape index (κ1) is 20.1. The van der Waals surface area contributed by atoms with Crippen molar-refractivity contribution in [3.8, 4) is 5.75 Å². The summed E-state index contributed by atoms with van der Waals surface area (Å²) in [7, 11) is -3.35. The van der Waals surface area contributed by atoms with Gasteiger partial charge >= 0.3 is 0 Å². The van der Waals surface area contributed by atoms with Gasteiger partial charge in [-0.25, -0.2) is 13.1 Å². The van der Waals surface area contributed by atoms with Gasteiger partial charge in [0.2, 0.25) is 10.0 Å². The zero-order valence-corrected chi connectivity index (χ0v) is 16.8. The minimum absolute atomic E-state index is 0.0680. The van der Waals surface area contributed by atoms with E-state index < -0.39 is 10.0 Å². The summed E-state index contributed by atoms with van der Waals surface area (Å²) in [6.07, 6.45) is 1.84. The molecule has 1 amide bonds. The Morgan fingerprint density at radius 1 is 1.07 bits per heavy atom. The van der Waals surface area contributed by atoms with Gasteiger partial charge in [0, 0.05) is 18.2 Å². The summed E-state index contributed by atoms with van der Waals surface area (Å²) in [5.74, 6) is 0.528. The van der Waals surface area contributed by atoms with Gasteiger partial charge in [-0.05, 0) is 37.1 Å². The van der Waals surface area contributed by atoms with Gasteiger partial charge in [-0.15, -0.1) is 0 Å². The topological polar surface area (TPSA) is 84.5 Å². The van der Waals surface area contributed by atoms with Gasteiger partial charge in [-0.3, -0.25) is 4.79 Å². The number of nitrogens with one attached hydrogen (secondary N) is 2. The molecule has 0 fully saturated rings. The number of ether oxygens (including phenoxy) is 1. The van der Waals surface area contributed by atoms with Crippen LogP contribution in [0.3, 0.4) is 0 Å². The van der Waals surface area contributed by atoms with E-state index in [2.05, 4.69) is 10.0 Å². The van der Waals surface area contributed by atoms with E-state index in [4.69, 9.17) is 4.74 Å². The van der Waals surface area contributed by atoms with Crippen LogP contribution in [-0.2, 0) is 27.1 Å². The van der Waals surface area contributed by atoms with Crippen LogP contribution in [0.15, 0.2) is 54.1 Å². The van der Waals surface area contributed by atoms with Crippen LogP contribution in [0.2, 0.25) is 0 Å². The molecule has 0 aromatic heterocycles. The molecule has 3 rings (SSSR count). The molecule has 6 nitrogen and oxygen atoms in total. The van der Waals surface area contributed by atoms with E-state index in [9.17, 15) is 13.2 Å². The number of amides is 1. The molecule has 1 heterocycles. The fourth-order valence-electron chi connectivity index (χ4n) is 2.92. The highest BCUT2D eigenvalue weighted by atomic mass is 32.2. The SMILES string of the molecule is CC(C)NS(=O)(=O)Cc1ccc(CNC(=O)C2=Cc3ccccc3OC2)cc1. The Hall–Kier alpha value is -2.64. The Morgan fingerprint density at radius 3 is 2.46 bits per heavy atom. The molecule has 0 radical (unpaired) electrons. The van der Waals surface area contributed by atoms with Crippen molar-refractivity contribution in [2.24, 2.45) is 0 Å². The lowest BCUT2D eigenvalue weighted by Crippen LogP contribution is -2.31. The minimum Gasteiger partial charge on any atom is -0.488 e. The zero-order valence-electron chi connectivity index (χ0n) is 15.9.